The third-order valence-corrected chi connectivity index (χ3v) is 2.57. The molecule has 1 aromatic heterocycles. The topological polar surface area (TPSA) is 37.9 Å². The minimum atomic E-state index is 0.851. The number of methoxy groups -OCH3 is 1. The van der Waals surface area contributed by atoms with Crippen molar-refractivity contribution >= 4 is 15.9 Å². The minimum Gasteiger partial charge on any atom is -0.497 e. The minimum absolute atomic E-state index is 0.851. The second-order valence-corrected chi connectivity index (χ2v) is 3.68. The van der Waals surface area contributed by atoms with Crippen molar-refractivity contribution in [3.63, 3.8) is 0 Å². The van der Waals surface area contributed by atoms with E-state index in [0.29, 0.717) is 0 Å². The van der Waals surface area contributed by atoms with E-state index in [4.69, 9.17) is 4.74 Å². The zero-order chi connectivity index (χ0) is 9.97. The molecule has 0 radical (unpaired) electrons. The molecule has 0 bridgehead atoms. The predicted octanol–water partition coefficient (Wildman–Crippen LogP) is 2.85. The summed E-state index contributed by atoms with van der Waals surface area (Å²) in [6.45, 7) is 0. The van der Waals surface area contributed by atoms with Crippen LogP contribution < -0.4 is 4.74 Å². The summed E-state index contributed by atoms with van der Waals surface area (Å²) < 4.78 is 6.04. The van der Waals surface area contributed by atoms with Crippen molar-refractivity contribution in [2.75, 3.05) is 7.11 Å². The Morgan fingerprint density at radius 1 is 1.29 bits per heavy atom. The van der Waals surface area contributed by atoms with E-state index < -0.39 is 0 Å². The van der Waals surface area contributed by atoms with E-state index in [1.807, 2.05) is 24.3 Å². The van der Waals surface area contributed by atoms with Crippen molar-refractivity contribution < 1.29 is 4.74 Å². The molecule has 1 aromatic carbocycles. The molecule has 0 fully saturated rings. The molecule has 0 spiro atoms. The lowest BCUT2D eigenvalue weighted by atomic mass is 10.1. The molecule has 2 rings (SSSR count). The summed E-state index contributed by atoms with van der Waals surface area (Å²) in [4.78, 5) is 0. The van der Waals surface area contributed by atoms with Gasteiger partial charge in [-0.15, -0.1) is 0 Å². The molecule has 1 N–H and O–H groups in total. The number of H-pyrrole nitrogens is 1. The number of aromatic amines is 1. The van der Waals surface area contributed by atoms with Crippen LogP contribution in [0.15, 0.2) is 34.9 Å². The van der Waals surface area contributed by atoms with Gasteiger partial charge in [0.2, 0.25) is 0 Å². The fraction of sp³-hybridized carbons (Fsp3) is 0.100. The maximum Gasteiger partial charge on any atom is 0.118 e. The summed E-state index contributed by atoms with van der Waals surface area (Å²) in [5, 5.41) is 6.86. The van der Waals surface area contributed by atoms with Gasteiger partial charge in [-0.3, -0.25) is 5.10 Å². The molecule has 0 saturated heterocycles. The highest BCUT2D eigenvalue weighted by atomic mass is 79.9. The van der Waals surface area contributed by atoms with Gasteiger partial charge in [0.05, 0.1) is 23.5 Å². The maximum absolute atomic E-state index is 5.08. The second-order valence-electron chi connectivity index (χ2n) is 2.82. The molecule has 1 heterocycles. The van der Waals surface area contributed by atoms with Gasteiger partial charge in [0.1, 0.15) is 5.75 Å². The fourth-order valence-corrected chi connectivity index (χ4v) is 1.65. The maximum atomic E-state index is 5.08. The molecule has 2 aromatic rings. The third-order valence-electron chi connectivity index (χ3n) is 1.97. The van der Waals surface area contributed by atoms with Crippen LogP contribution >= 0.6 is 15.9 Å². The monoisotopic (exact) mass is 252 g/mol. The number of hydrogen-bond acceptors (Lipinski definition) is 2. The van der Waals surface area contributed by atoms with Crippen LogP contribution in [0.4, 0.5) is 0 Å². The summed E-state index contributed by atoms with van der Waals surface area (Å²) in [5.74, 6) is 0.851. The van der Waals surface area contributed by atoms with Gasteiger partial charge in [-0.1, -0.05) is 0 Å². The first-order valence-corrected chi connectivity index (χ1v) is 4.94. The van der Waals surface area contributed by atoms with Crippen LogP contribution in [0.25, 0.3) is 11.3 Å². The van der Waals surface area contributed by atoms with Gasteiger partial charge in [-0.25, -0.2) is 0 Å². The number of ether oxygens (including phenoxy) is 1. The van der Waals surface area contributed by atoms with E-state index in [2.05, 4.69) is 26.1 Å². The number of nitrogens with zero attached hydrogens (tertiary/aromatic N) is 1. The van der Waals surface area contributed by atoms with Crippen LogP contribution in [0.1, 0.15) is 0 Å². The lowest BCUT2D eigenvalue weighted by molar-refractivity contribution is 0.415. The Hall–Kier alpha value is -1.29. The Morgan fingerprint density at radius 3 is 2.50 bits per heavy atom. The van der Waals surface area contributed by atoms with Gasteiger partial charge in [-0.05, 0) is 40.2 Å². The summed E-state index contributed by atoms with van der Waals surface area (Å²) >= 11 is 3.41. The number of benzene rings is 1. The Morgan fingerprint density at radius 2 is 2.00 bits per heavy atom. The largest absolute Gasteiger partial charge is 0.497 e. The number of aromatic nitrogens is 2. The molecular weight excluding hydrogens is 244 g/mol. The molecule has 4 heteroatoms. The lowest BCUT2D eigenvalue weighted by Crippen LogP contribution is -1.83. The van der Waals surface area contributed by atoms with Crippen molar-refractivity contribution in [3.05, 3.63) is 34.9 Å². The van der Waals surface area contributed by atoms with Gasteiger partial charge in [-0.2, -0.15) is 5.10 Å². The molecule has 0 atom stereocenters. The van der Waals surface area contributed by atoms with Gasteiger partial charge in [0.15, 0.2) is 0 Å². The van der Waals surface area contributed by atoms with Crippen LogP contribution in [-0.2, 0) is 0 Å². The lowest BCUT2D eigenvalue weighted by Gasteiger charge is -2.01. The van der Waals surface area contributed by atoms with E-state index in [9.17, 15) is 0 Å². The zero-order valence-corrected chi connectivity index (χ0v) is 9.21. The highest BCUT2D eigenvalue weighted by Gasteiger charge is 2.04. The molecule has 0 unspecified atom stereocenters. The van der Waals surface area contributed by atoms with E-state index in [1.54, 1.807) is 13.3 Å². The first-order valence-electron chi connectivity index (χ1n) is 4.14. The van der Waals surface area contributed by atoms with Gasteiger partial charge in [0.25, 0.3) is 0 Å². The Kier molecular flexibility index (Phi) is 2.54. The van der Waals surface area contributed by atoms with Crippen LogP contribution in [0.2, 0.25) is 0 Å². The summed E-state index contributed by atoms with van der Waals surface area (Å²) in [6, 6.07) is 7.80. The van der Waals surface area contributed by atoms with Gasteiger partial charge in [0, 0.05) is 5.56 Å². The van der Waals surface area contributed by atoms with Crippen LogP contribution in [0.3, 0.4) is 0 Å². The first-order chi connectivity index (χ1) is 6.81. The molecule has 14 heavy (non-hydrogen) atoms. The highest BCUT2D eigenvalue weighted by molar-refractivity contribution is 9.10. The SMILES string of the molecule is COc1ccc(-c2[nH]ncc2Br)cc1. The van der Waals surface area contributed by atoms with Crippen molar-refractivity contribution in [2.24, 2.45) is 0 Å². The molecule has 0 aliphatic rings. The molecule has 0 aliphatic carbocycles. The Bertz CT molecular complexity index is 422. The Labute approximate surface area is 90.2 Å². The fourth-order valence-electron chi connectivity index (χ4n) is 1.23. The molecule has 0 aliphatic heterocycles. The van der Waals surface area contributed by atoms with E-state index in [0.717, 1.165) is 21.5 Å². The van der Waals surface area contributed by atoms with Crippen molar-refractivity contribution in [2.45, 2.75) is 0 Å². The van der Waals surface area contributed by atoms with Gasteiger partial charge >= 0.3 is 0 Å². The van der Waals surface area contributed by atoms with Crippen molar-refractivity contribution in [1.29, 1.82) is 0 Å². The number of rotatable bonds is 2. The quantitative estimate of drug-likeness (QED) is 0.893. The summed E-state index contributed by atoms with van der Waals surface area (Å²) in [6.07, 6.45) is 1.74. The summed E-state index contributed by atoms with van der Waals surface area (Å²) in [7, 11) is 1.65. The van der Waals surface area contributed by atoms with Crippen LogP contribution in [0, 0.1) is 0 Å². The van der Waals surface area contributed by atoms with Crippen molar-refractivity contribution in [3.8, 4) is 17.0 Å². The summed E-state index contributed by atoms with van der Waals surface area (Å²) in [5.41, 5.74) is 2.06. The van der Waals surface area contributed by atoms with E-state index >= 15 is 0 Å². The van der Waals surface area contributed by atoms with Crippen LogP contribution in [0.5, 0.6) is 5.75 Å². The van der Waals surface area contributed by atoms with E-state index in [1.165, 1.54) is 0 Å². The number of nitrogens with one attached hydrogen (secondary N) is 1. The highest BCUT2D eigenvalue weighted by Crippen LogP contribution is 2.26. The molecular formula is C10H9BrN2O. The number of hydrogen-bond donors (Lipinski definition) is 1. The average molecular weight is 253 g/mol. The first kappa shape index (κ1) is 9.27. The second kappa shape index (κ2) is 3.84. The zero-order valence-electron chi connectivity index (χ0n) is 7.62. The normalized spacial score (nSPS) is 10.1. The molecule has 0 amide bonds. The Balaban J connectivity index is 2.39. The van der Waals surface area contributed by atoms with Gasteiger partial charge < -0.3 is 4.74 Å². The number of halogens is 1. The smallest absolute Gasteiger partial charge is 0.118 e. The molecule has 3 nitrogen and oxygen atoms in total. The standard InChI is InChI=1S/C10H9BrN2O/c1-14-8-4-2-7(3-5-8)10-9(11)6-12-13-10/h2-6H,1H3,(H,12,13). The van der Waals surface area contributed by atoms with Crippen LogP contribution in [-0.4, -0.2) is 17.3 Å². The average Bonchev–Trinajstić information content (AvgIpc) is 2.65. The predicted molar refractivity (Wildman–Crippen MR) is 58.3 cm³/mol. The molecule has 0 saturated carbocycles. The third kappa shape index (κ3) is 1.65. The van der Waals surface area contributed by atoms with E-state index in [-0.39, 0.29) is 0 Å². The molecule has 72 valence electrons. The van der Waals surface area contributed by atoms with Crippen molar-refractivity contribution in [1.82, 2.24) is 10.2 Å².